The van der Waals surface area contributed by atoms with Crippen LogP contribution in [-0.4, -0.2) is 9.97 Å². The summed E-state index contributed by atoms with van der Waals surface area (Å²) in [4.78, 5) is 9.15. The molecule has 220 valence electrons. The fourth-order valence-electron chi connectivity index (χ4n) is 7.95. The molecule has 1 spiro atoms. The zero-order valence-electron chi connectivity index (χ0n) is 26.4. The molecule has 0 aliphatic heterocycles. The maximum Gasteiger partial charge on any atom is 0.0892 e. The van der Waals surface area contributed by atoms with E-state index in [0.29, 0.717) is 0 Å². The first-order valence-electron chi connectivity index (χ1n) is 15.9. The summed E-state index contributed by atoms with van der Waals surface area (Å²) < 4.78 is 0. The van der Waals surface area contributed by atoms with Crippen LogP contribution in [0.2, 0.25) is 0 Å². The van der Waals surface area contributed by atoms with E-state index in [2.05, 4.69) is 140 Å². The molecular formula is C44H34N2. The number of fused-ring (bicyclic) bond motifs is 7. The van der Waals surface area contributed by atoms with Gasteiger partial charge in [-0.3, -0.25) is 9.97 Å². The van der Waals surface area contributed by atoms with Gasteiger partial charge in [-0.25, -0.2) is 0 Å². The molecule has 0 saturated heterocycles. The highest BCUT2D eigenvalue weighted by molar-refractivity contribution is 5.98. The predicted octanol–water partition coefficient (Wildman–Crippen LogP) is 10.9. The second-order valence-electron chi connectivity index (χ2n) is 12.3. The fraction of sp³-hybridized carbons (Fsp3) is 0.0909. The van der Waals surface area contributed by atoms with E-state index >= 15 is 0 Å². The van der Waals surface area contributed by atoms with E-state index in [-0.39, 0.29) is 5.41 Å². The quantitative estimate of drug-likeness (QED) is 0.187. The van der Waals surface area contributed by atoms with Crippen molar-refractivity contribution in [1.29, 1.82) is 0 Å². The van der Waals surface area contributed by atoms with Gasteiger partial charge in [0.05, 0.1) is 16.8 Å². The normalized spacial score (nSPS) is 16.2. The van der Waals surface area contributed by atoms with Crippen molar-refractivity contribution in [3.05, 3.63) is 185 Å². The van der Waals surface area contributed by atoms with E-state index in [4.69, 9.17) is 0 Å². The van der Waals surface area contributed by atoms with Gasteiger partial charge >= 0.3 is 0 Å². The zero-order valence-corrected chi connectivity index (χ0v) is 26.4. The minimum Gasteiger partial charge on any atom is -0.255 e. The first-order valence-corrected chi connectivity index (χ1v) is 15.9. The maximum absolute atomic E-state index is 4.62. The lowest BCUT2D eigenvalue weighted by molar-refractivity contribution is 0.760. The van der Waals surface area contributed by atoms with E-state index in [9.17, 15) is 0 Å². The molecule has 0 fully saturated rings. The van der Waals surface area contributed by atoms with Crippen LogP contribution < -0.4 is 0 Å². The van der Waals surface area contributed by atoms with Crippen LogP contribution in [0.5, 0.6) is 0 Å². The van der Waals surface area contributed by atoms with Gasteiger partial charge in [-0.05, 0) is 129 Å². The summed E-state index contributed by atoms with van der Waals surface area (Å²) in [7, 11) is 0. The number of aromatic nitrogens is 2. The molecule has 2 heterocycles. The van der Waals surface area contributed by atoms with Gasteiger partial charge in [-0.15, -0.1) is 0 Å². The predicted molar refractivity (Wildman–Crippen MR) is 192 cm³/mol. The van der Waals surface area contributed by atoms with Gasteiger partial charge in [0.25, 0.3) is 0 Å². The van der Waals surface area contributed by atoms with Crippen LogP contribution in [-0.2, 0) is 5.41 Å². The number of aryl methyl sites for hydroxylation is 1. The van der Waals surface area contributed by atoms with E-state index in [1.807, 2.05) is 36.7 Å². The largest absolute Gasteiger partial charge is 0.255 e. The molecule has 46 heavy (non-hydrogen) atoms. The summed E-state index contributed by atoms with van der Waals surface area (Å²) in [6.07, 6.45) is 9.86. The monoisotopic (exact) mass is 590 g/mol. The van der Waals surface area contributed by atoms with Gasteiger partial charge in [-0.1, -0.05) is 104 Å². The third kappa shape index (κ3) is 3.96. The molecule has 0 bridgehead atoms. The molecule has 1 atom stereocenters. The molecule has 0 N–H and O–H groups in total. The van der Waals surface area contributed by atoms with Crippen molar-refractivity contribution in [1.82, 2.24) is 9.97 Å². The molecule has 2 heteroatoms. The minimum absolute atomic E-state index is 0.363. The van der Waals surface area contributed by atoms with E-state index < -0.39 is 0 Å². The molecule has 1 unspecified atom stereocenters. The maximum atomic E-state index is 4.62. The van der Waals surface area contributed by atoms with Crippen LogP contribution in [0.4, 0.5) is 0 Å². The van der Waals surface area contributed by atoms with Crippen LogP contribution in [0.25, 0.3) is 50.3 Å². The Balaban J connectivity index is 1.35. The van der Waals surface area contributed by atoms with Crippen LogP contribution in [0.3, 0.4) is 0 Å². The van der Waals surface area contributed by atoms with E-state index in [1.165, 1.54) is 66.8 Å². The highest BCUT2D eigenvalue weighted by atomic mass is 14.8. The van der Waals surface area contributed by atoms with Crippen molar-refractivity contribution >= 4 is 5.57 Å². The Labute approximate surface area is 271 Å². The lowest BCUT2D eigenvalue weighted by Gasteiger charge is -2.33. The third-order valence-corrected chi connectivity index (χ3v) is 10.00. The Morgan fingerprint density at radius 3 is 2.07 bits per heavy atom. The zero-order chi connectivity index (χ0) is 31.4. The Bertz CT molecular complexity index is 2250. The average molecular weight is 591 g/mol. The summed E-state index contributed by atoms with van der Waals surface area (Å²) in [5.41, 5.74) is 19.5. The third-order valence-electron chi connectivity index (χ3n) is 10.00. The Hall–Kier alpha value is -5.60. The molecule has 8 rings (SSSR count). The van der Waals surface area contributed by atoms with Crippen LogP contribution >= 0.6 is 0 Å². The van der Waals surface area contributed by atoms with Crippen LogP contribution in [0.1, 0.15) is 40.3 Å². The number of benzene rings is 4. The second kappa shape index (κ2) is 10.8. The minimum atomic E-state index is -0.363. The second-order valence-corrected chi connectivity index (χ2v) is 12.3. The van der Waals surface area contributed by atoms with E-state index in [0.717, 1.165) is 22.5 Å². The van der Waals surface area contributed by atoms with Crippen molar-refractivity contribution in [2.24, 2.45) is 0 Å². The number of allylic oxidation sites excluding steroid dienone is 5. The van der Waals surface area contributed by atoms with Crippen molar-refractivity contribution in [2.45, 2.75) is 26.2 Å². The number of pyridine rings is 2. The molecule has 4 aromatic carbocycles. The van der Waals surface area contributed by atoms with Crippen LogP contribution in [0, 0.1) is 13.8 Å². The molecule has 2 aromatic heterocycles. The Morgan fingerprint density at radius 2 is 1.28 bits per heavy atom. The number of hydrogen-bond acceptors (Lipinski definition) is 2. The molecule has 2 aliphatic carbocycles. The summed E-state index contributed by atoms with van der Waals surface area (Å²) in [5.74, 6) is 0. The molecule has 2 aliphatic rings. The van der Waals surface area contributed by atoms with Crippen molar-refractivity contribution in [2.75, 3.05) is 0 Å². The SMILES string of the molecule is C=C/C=C\C1=C(C)C2(c3ccccc31)c1ccccc1-c1ccc(-c3cc(-c4ccnc(-c5ccccn5)c4)ccc3C)c(C)c12. The van der Waals surface area contributed by atoms with Gasteiger partial charge in [0.1, 0.15) is 0 Å². The van der Waals surface area contributed by atoms with Gasteiger partial charge in [0, 0.05) is 12.4 Å². The Kier molecular flexibility index (Phi) is 6.54. The van der Waals surface area contributed by atoms with E-state index in [1.54, 1.807) is 0 Å². The number of rotatable bonds is 5. The summed E-state index contributed by atoms with van der Waals surface area (Å²) in [5, 5.41) is 0. The van der Waals surface area contributed by atoms with Crippen molar-refractivity contribution in [3.63, 3.8) is 0 Å². The van der Waals surface area contributed by atoms with Crippen molar-refractivity contribution in [3.8, 4) is 44.8 Å². The van der Waals surface area contributed by atoms with Gasteiger partial charge in [0.2, 0.25) is 0 Å². The first-order chi connectivity index (χ1) is 22.5. The number of hydrogen-bond donors (Lipinski definition) is 0. The summed E-state index contributed by atoms with van der Waals surface area (Å²) >= 11 is 0. The smallest absolute Gasteiger partial charge is 0.0892 e. The first kappa shape index (κ1) is 27.9. The lowest BCUT2D eigenvalue weighted by Crippen LogP contribution is -2.27. The van der Waals surface area contributed by atoms with Gasteiger partial charge < -0.3 is 0 Å². The standard InChI is InChI=1S/C44H34N2/c1-5-6-13-34-30(4)44(39-16-9-7-14-35(34)39)40-17-10-8-15-36(40)37-22-21-33(29(3)43(37)44)38-26-31(20-19-28(38)2)32-23-25-46-42(27-32)41-18-11-12-24-45-41/h5-27H,1H2,2-4H3/b13-6-. The number of nitrogens with zero attached hydrogens (tertiary/aromatic N) is 2. The summed E-state index contributed by atoms with van der Waals surface area (Å²) in [6, 6.07) is 39.6. The molecular weight excluding hydrogens is 556 g/mol. The molecule has 2 nitrogen and oxygen atoms in total. The average Bonchev–Trinajstić information content (AvgIpc) is 3.54. The van der Waals surface area contributed by atoms with Gasteiger partial charge in [0.15, 0.2) is 0 Å². The highest BCUT2D eigenvalue weighted by Gasteiger charge is 2.51. The fourth-order valence-corrected chi connectivity index (χ4v) is 7.95. The molecule has 6 aromatic rings. The molecule has 0 saturated carbocycles. The Morgan fingerprint density at radius 1 is 0.587 bits per heavy atom. The van der Waals surface area contributed by atoms with Crippen molar-refractivity contribution < 1.29 is 0 Å². The lowest BCUT2D eigenvalue weighted by atomic mass is 9.68. The highest BCUT2D eigenvalue weighted by Crippen LogP contribution is 2.63. The molecule has 0 amide bonds. The van der Waals surface area contributed by atoms with Gasteiger partial charge in [-0.2, -0.15) is 0 Å². The topological polar surface area (TPSA) is 25.8 Å². The summed E-state index contributed by atoms with van der Waals surface area (Å²) in [6.45, 7) is 10.8. The van der Waals surface area contributed by atoms with Crippen LogP contribution in [0.15, 0.2) is 152 Å². The molecule has 0 radical (unpaired) electrons.